The molecule has 1 amide bonds. The van der Waals surface area contributed by atoms with Crippen molar-refractivity contribution in [2.75, 3.05) is 0 Å². The molecule has 0 fully saturated rings. The van der Waals surface area contributed by atoms with Crippen molar-refractivity contribution in [1.82, 2.24) is 15.1 Å². The number of nitrogens with one attached hydrogen (secondary N) is 1. The number of carbonyl (C=O) groups is 1. The topological polar surface area (TPSA) is 46.9 Å². The number of aryl methyl sites for hydroxylation is 2. The van der Waals surface area contributed by atoms with E-state index in [9.17, 15) is 18.0 Å². The van der Waals surface area contributed by atoms with Crippen molar-refractivity contribution in [3.8, 4) is 0 Å². The van der Waals surface area contributed by atoms with Gasteiger partial charge in [0.15, 0.2) is 0 Å². The molecule has 7 heteroatoms. The normalized spacial score (nSPS) is 13.0. The van der Waals surface area contributed by atoms with Crippen molar-refractivity contribution < 1.29 is 18.0 Å². The van der Waals surface area contributed by atoms with Crippen molar-refractivity contribution >= 4 is 5.91 Å². The van der Waals surface area contributed by atoms with Gasteiger partial charge in [0.05, 0.1) is 17.3 Å². The molecule has 2 aromatic rings. The molecule has 2 rings (SSSR count). The molecule has 22 heavy (non-hydrogen) atoms. The SMILES string of the molecule is Cc1cc(C(=O)NC(C)c2cccc(C(F)(F)F)c2)n(C)n1. The highest BCUT2D eigenvalue weighted by molar-refractivity contribution is 5.92. The van der Waals surface area contributed by atoms with Crippen LogP contribution in [-0.2, 0) is 13.2 Å². The smallest absolute Gasteiger partial charge is 0.344 e. The average molecular weight is 311 g/mol. The largest absolute Gasteiger partial charge is 0.416 e. The molecule has 0 aliphatic heterocycles. The third-order valence-electron chi connectivity index (χ3n) is 3.30. The standard InChI is InChI=1S/C15H16F3N3O/c1-9-7-13(21(3)20-9)14(22)19-10(2)11-5-4-6-12(8-11)15(16,17)18/h4-8,10H,1-3H3,(H,19,22). The van der Waals surface area contributed by atoms with Gasteiger partial charge in [-0.2, -0.15) is 18.3 Å². The highest BCUT2D eigenvalue weighted by Crippen LogP contribution is 2.30. The van der Waals surface area contributed by atoms with Crippen LogP contribution in [0.2, 0.25) is 0 Å². The van der Waals surface area contributed by atoms with Crippen molar-refractivity contribution in [2.24, 2.45) is 7.05 Å². The average Bonchev–Trinajstić information content (AvgIpc) is 2.77. The number of carbonyl (C=O) groups excluding carboxylic acids is 1. The fraction of sp³-hybridized carbons (Fsp3) is 0.333. The molecule has 1 N–H and O–H groups in total. The van der Waals surface area contributed by atoms with E-state index in [2.05, 4.69) is 10.4 Å². The number of aromatic nitrogens is 2. The summed E-state index contributed by atoms with van der Waals surface area (Å²) in [4.78, 5) is 12.2. The summed E-state index contributed by atoms with van der Waals surface area (Å²) in [5.41, 5.74) is 0.709. The maximum absolute atomic E-state index is 12.7. The van der Waals surface area contributed by atoms with Crippen molar-refractivity contribution in [1.29, 1.82) is 0 Å². The lowest BCUT2D eigenvalue weighted by Crippen LogP contribution is -2.28. The Morgan fingerprint density at radius 3 is 2.55 bits per heavy atom. The Balaban J connectivity index is 2.17. The van der Waals surface area contributed by atoms with E-state index in [0.717, 1.165) is 12.1 Å². The predicted octanol–water partition coefficient (Wildman–Crippen LogP) is 3.24. The fourth-order valence-corrected chi connectivity index (χ4v) is 2.16. The molecule has 4 nitrogen and oxygen atoms in total. The Labute approximate surface area is 125 Å². The van der Waals surface area contributed by atoms with E-state index in [0.29, 0.717) is 17.0 Å². The van der Waals surface area contributed by atoms with E-state index < -0.39 is 17.8 Å². The van der Waals surface area contributed by atoms with Crippen molar-refractivity contribution in [3.63, 3.8) is 0 Å². The molecule has 1 aromatic heterocycles. The van der Waals surface area contributed by atoms with Crippen LogP contribution in [0.5, 0.6) is 0 Å². The molecule has 1 heterocycles. The van der Waals surface area contributed by atoms with Crippen LogP contribution in [0.25, 0.3) is 0 Å². The second-order valence-corrected chi connectivity index (χ2v) is 5.11. The molecule has 1 unspecified atom stereocenters. The zero-order valence-electron chi connectivity index (χ0n) is 12.4. The van der Waals surface area contributed by atoms with Gasteiger partial charge in [0.25, 0.3) is 5.91 Å². The Kier molecular flexibility index (Phi) is 4.25. The molecule has 0 radical (unpaired) electrons. The van der Waals surface area contributed by atoms with Gasteiger partial charge >= 0.3 is 6.18 Å². The molecular formula is C15H16F3N3O. The Morgan fingerprint density at radius 1 is 1.32 bits per heavy atom. The lowest BCUT2D eigenvalue weighted by atomic mass is 10.0. The first-order valence-electron chi connectivity index (χ1n) is 6.67. The molecule has 0 saturated heterocycles. The van der Waals surface area contributed by atoms with E-state index in [1.54, 1.807) is 33.0 Å². The molecule has 0 spiro atoms. The number of nitrogens with zero attached hydrogens (tertiary/aromatic N) is 2. The minimum Gasteiger partial charge on any atom is -0.344 e. The van der Waals surface area contributed by atoms with Gasteiger partial charge in [0.2, 0.25) is 0 Å². The minimum absolute atomic E-state index is 0.358. The lowest BCUT2D eigenvalue weighted by Gasteiger charge is -2.16. The summed E-state index contributed by atoms with van der Waals surface area (Å²) in [5.74, 6) is -0.381. The summed E-state index contributed by atoms with van der Waals surface area (Å²) in [5, 5.41) is 6.74. The Hall–Kier alpha value is -2.31. The first-order chi connectivity index (χ1) is 10.2. The number of rotatable bonds is 3. The van der Waals surface area contributed by atoms with Gasteiger partial charge in [0, 0.05) is 7.05 Å². The minimum atomic E-state index is -4.40. The summed E-state index contributed by atoms with van der Waals surface area (Å²) in [6.07, 6.45) is -4.40. The van der Waals surface area contributed by atoms with E-state index in [1.165, 1.54) is 10.7 Å². The molecule has 0 aliphatic carbocycles. The van der Waals surface area contributed by atoms with Crippen molar-refractivity contribution in [3.05, 3.63) is 52.8 Å². The molecule has 1 aromatic carbocycles. The quantitative estimate of drug-likeness (QED) is 0.946. The van der Waals surface area contributed by atoms with E-state index in [-0.39, 0.29) is 5.91 Å². The third kappa shape index (κ3) is 3.47. The second-order valence-electron chi connectivity index (χ2n) is 5.11. The van der Waals surface area contributed by atoms with Crippen LogP contribution in [0.4, 0.5) is 13.2 Å². The Morgan fingerprint density at radius 2 is 2.00 bits per heavy atom. The summed E-state index contributed by atoms with van der Waals surface area (Å²) >= 11 is 0. The van der Waals surface area contributed by atoms with Crippen LogP contribution < -0.4 is 5.32 Å². The summed E-state index contributed by atoms with van der Waals surface area (Å²) in [6, 6.07) is 5.99. The van der Waals surface area contributed by atoms with Gasteiger partial charge in [-0.25, -0.2) is 0 Å². The zero-order valence-corrected chi connectivity index (χ0v) is 12.4. The first-order valence-corrected chi connectivity index (χ1v) is 6.67. The van der Waals surface area contributed by atoms with Crippen LogP contribution >= 0.6 is 0 Å². The summed E-state index contributed by atoms with van der Waals surface area (Å²) in [7, 11) is 1.64. The number of alkyl halides is 3. The van der Waals surface area contributed by atoms with Crippen LogP contribution in [0, 0.1) is 6.92 Å². The summed E-state index contributed by atoms with van der Waals surface area (Å²) in [6.45, 7) is 3.39. The zero-order chi connectivity index (χ0) is 16.5. The molecule has 0 saturated carbocycles. The summed E-state index contributed by atoms with van der Waals surface area (Å²) < 4.78 is 39.6. The molecule has 0 aliphatic rings. The molecule has 0 bridgehead atoms. The van der Waals surface area contributed by atoms with Gasteiger partial charge in [0.1, 0.15) is 5.69 Å². The maximum Gasteiger partial charge on any atom is 0.416 e. The number of amides is 1. The van der Waals surface area contributed by atoms with Crippen LogP contribution in [-0.4, -0.2) is 15.7 Å². The highest BCUT2D eigenvalue weighted by atomic mass is 19.4. The van der Waals surface area contributed by atoms with Gasteiger partial charge in [-0.1, -0.05) is 12.1 Å². The molecule has 118 valence electrons. The number of hydrogen-bond acceptors (Lipinski definition) is 2. The van der Waals surface area contributed by atoms with E-state index in [1.807, 2.05) is 0 Å². The first kappa shape index (κ1) is 16.1. The lowest BCUT2D eigenvalue weighted by molar-refractivity contribution is -0.137. The number of halogens is 3. The van der Waals surface area contributed by atoms with Gasteiger partial charge < -0.3 is 5.32 Å². The van der Waals surface area contributed by atoms with Crippen LogP contribution in [0.15, 0.2) is 30.3 Å². The maximum atomic E-state index is 12.7. The fourth-order valence-electron chi connectivity index (χ4n) is 2.16. The van der Waals surface area contributed by atoms with Crippen LogP contribution in [0.1, 0.15) is 40.3 Å². The van der Waals surface area contributed by atoms with Gasteiger partial charge in [-0.15, -0.1) is 0 Å². The molecule has 1 atom stereocenters. The molecular weight excluding hydrogens is 295 g/mol. The third-order valence-corrected chi connectivity index (χ3v) is 3.30. The van der Waals surface area contributed by atoms with Gasteiger partial charge in [-0.05, 0) is 37.6 Å². The number of hydrogen-bond donors (Lipinski definition) is 1. The number of benzene rings is 1. The predicted molar refractivity (Wildman–Crippen MR) is 75.3 cm³/mol. The van der Waals surface area contributed by atoms with Gasteiger partial charge in [-0.3, -0.25) is 9.48 Å². The monoisotopic (exact) mass is 311 g/mol. The van der Waals surface area contributed by atoms with Crippen molar-refractivity contribution in [2.45, 2.75) is 26.1 Å². The highest BCUT2D eigenvalue weighted by Gasteiger charge is 2.30. The van der Waals surface area contributed by atoms with E-state index >= 15 is 0 Å². The second kappa shape index (κ2) is 5.82. The Bertz CT molecular complexity index is 692. The van der Waals surface area contributed by atoms with E-state index in [4.69, 9.17) is 0 Å². The van der Waals surface area contributed by atoms with Crippen LogP contribution in [0.3, 0.4) is 0 Å².